The highest BCUT2D eigenvalue weighted by Gasteiger charge is 2.25. The highest BCUT2D eigenvalue weighted by atomic mass is 32.2. The minimum atomic E-state index is -3.86. The lowest BCUT2D eigenvalue weighted by Gasteiger charge is -2.36. The molecule has 3 heterocycles. The van der Waals surface area contributed by atoms with Crippen LogP contribution in [0.1, 0.15) is 12.8 Å². The van der Waals surface area contributed by atoms with Gasteiger partial charge in [-0.2, -0.15) is 4.98 Å². The normalized spacial score (nSPS) is 14.9. The fourth-order valence-corrected chi connectivity index (χ4v) is 6.00. The maximum Gasteiger partial charge on any atom is 0.229 e. The molecule has 1 aliphatic rings. The second-order valence-corrected chi connectivity index (χ2v) is 11.0. The Morgan fingerprint density at radius 3 is 2.50 bits per heavy atom. The molecule has 10 heteroatoms. The van der Waals surface area contributed by atoms with E-state index in [0.29, 0.717) is 28.5 Å². The van der Waals surface area contributed by atoms with E-state index in [2.05, 4.69) is 44.2 Å². The summed E-state index contributed by atoms with van der Waals surface area (Å²) >= 11 is 0. The average molecular weight is 507 g/mol. The number of fused-ring (bicyclic) bond motifs is 1. The van der Waals surface area contributed by atoms with Gasteiger partial charge < -0.3 is 24.8 Å². The molecule has 9 nitrogen and oxygen atoms in total. The smallest absolute Gasteiger partial charge is 0.229 e. The van der Waals surface area contributed by atoms with Gasteiger partial charge in [-0.25, -0.2) is 13.4 Å². The van der Waals surface area contributed by atoms with Gasteiger partial charge in [-0.05, 0) is 57.3 Å². The maximum absolute atomic E-state index is 13.4. The van der Waals surface area contributed by atoms with Crippen LogP contribution >= 0.6 is 0 Å². The summed E-state index contributed by atoms with van der Waals surface area (Å²) in [6.07, 6.45) is 3.87. The number of rotatable bonds is 7. The van der Waals surface area contributed by atoms with Crippen molar-refractivity contribution in [2.75, 3.05) is 44.5 Å². The molecule has 36 heavy (non-hydrogen) atoms. The number of hydrogen-bond donors (Lipinski definition) is 2. The first-order valence-corrected chi connectivity index (χ1v) is 13.4. The summed E-state index contributed by atoms with van der Waals surface area (Å²) in [5.41, 5.74) is 2.61. The van der Waals surface area contributed by atoms with Crippen LogP contribution in [0.25, 0.3) is 11.0 Å². The highest BCUT2D eigenvalue weighted by molar-refractivity contribution is 7.91. The van der Waals surface area contributed by atoms with Crippen LogP contribution in [0, 0.1) is 0 Å². The zero-order valence-electron chi connectivity index (χ0n) is 20.6. The van der Waals surface area contributed by atoms with Gasteiger partial charge in [0.15, 0.2) is 5.03 Å². The van der Waals surface area contributed by atoms with E-state index < -0.39 is 9.84 Å². The van der Waals surface area contributed by atoms with Gasteiger partial charge in [0.25, 0.3) is 0 Å². The minimum Gasteiger partial charge on any atom is -0.494 e. The number of aromatic nitrogens is 3. The molecular weight excluding hydrogens is 476 g/mol. The SMILES string of the molecule is COc1cc(N2CCC(N(C)C)CC2)ccc1Nc1nc(S(=O)(=O)c2ccccc2)c2[nH]ccc2n1. The molecule has 0 saturated carbocycles. The summed E-state index contributed by atoms with van der Waals surface area (Å²) in [6.45, 7) is 1.96. The predicted molar refractivity (Wildman–Crippen MR) is 141 cm³/mol. The van der Waals surface area contributed by atoms with Gasteiger partial charge in [0.2, 0.25) is 15.8 Å². The third-order valence-electron chi connectivity index (χ3n) is 6.67. The Labute approximate surface area is 211 Å². The van der Waals surface area contributed by atoms with Crippen LogP contribution in [-0.2, 0) is 9.84 Å². The number of anilines is 3. The van der Waals surface area contributed by atoms with E-state index in [0.717, 1.165) is 31.6 Å². The van der Waals surface area contributed by atoms with Crippen molar-refractivity contribution < 1.29 is 13.2 Å². The van der Waals surface area contributed by atoms with Gasteiger partial charge in [0.1, 0.15) is 11.3 Å². The molecule has 0 atom stereocenters. The van der Waals surface area contributed by atoms with Crippen molar-refractivity contribution in [2.24, 2.45) is 0 Å². The number of hydrogen-bond acceptors (Lipinski definition) is 8. The lowest BCUT2D eigenvalue weighted by atomic mass is 10.0. The number of sulfone groups is 1. The number of ether oxygens (including phenoxy) is 1. The van der Waals surface area contributed by atoms with E-state index in [9.17, 15) is 8.42 Å². The quantitative estimate of drug-likeness (QED) is 0.362. The molecule has 188 valence electrons. The molecule has 1 saturated heterocycles. The summed E-state index contributed by atoms with van der Waals surface area (Å²) in [6, 6.07) is 16.5. The van der Waals surface area contributed by atoms with Crippen LogP contribution in [0.4, 0.5) is 17.3 Å². The molecule has 0 radical (unpaired) electrons. The monoisotopic (exact) mass is 506 g/mol. The van der Waals surface area contributed by atoms with Crippen molar-refractivity contribution in [2.45, 2.75) is 28.8 Å². The van der Waals surface area contributed by atoms with E-state index in [4.69, 9.17) is 4.74 Å². The molecule has 0 amide bonds. The van der Waals surface area contributed by atoms with Gasteiger partial charge in [-0.1, -0.05) is 18.2 Å². The van der Waals surface area contributed by atoms with Crippen molar-refractivity contribution in [1.29, 1.82) is 0 Å². The van der Waals surface area contributed by atoms with Crippen molar-refractivity contribution in [1.82, 2.24) is 19.9 Å². The Morgan fingerprint density at radius 2 is 1.81 bits per heavy atom. The molecule has 1 fully saturated rings. The number of nitrogens with one attached hydrogen (secondary N) is 2. The van der Waals surface area contributed by atoms with Crippen LogP contribution in [0.3, 0.4) is 0 Å². The fraction of sp³-hybridized carbons (Fsp3) is 0.308. The van der Waals surface area contributed by atoms with Crippen LogP contribution in [0.15, 0.2) is 70.7 Å². The van der Waals surface area contributed by atoms with E-state index in [1.165, 1.54) is 0 Å². The lowest BCUT2D eigenvalue weighted by molar-refractivity contribution is 0.249. The summed E-state index contributed by atoms with van der Waals surface area (Å²) in [5.74, 6) is 0.807. The van der Waals surface area contributed by atoms with E-state index >= 15 is 0 Å². The third-order valence-corrected chi connectivity index (χ3v) is 8.37. The number of piperidine rings is 1. The van der Waals surface area contributed by atoms with E-state index in [-0.39, 0.29) is 15.9 Å². The molecule has 0 aliphatic carbocycles. The van der Waals surface area contributed by atoms with Gasteiger partial charge in [0.05, 0.1) is 23.2 Å². The lowest BCUT2D eigenvalue weighted by Crippen LogP contribution is -2.41. The standard InChI is InChI=1S/C26H30N6O3S/c1-31(2)18-12-15-32(16-13-18)19-9-10-21(23(17-19)35-3)28-26-29-22-11-14-27-24(22)25(30-26)36(33,34)20-7-5-4-6-8-20/h4-11,14,17-18,27H,12-13,15-16H2,1-3H3,(H,28,29,30). The predicted octanol–water partition coefficient (Wildman–Crippen LogP) is 4.07. The molecule has 2 N–H and O–H groups in total. The second kappa shape index (κ2) is 9.79. The summed E-state index contributed by atoms with van der Waals surface area (Å²) in [5, 5.41) is 3.09. The number of H-pyrrole nitrogens is 1. The molecule has 5 rings (SSSR count). The molecule has 2 aromatic heterocycles. The summed E-state index contributed by atoms with van der Waals surface area (Å²) in [7, 11) is 2.02. The van der Waals surface area contributed by atoms with E-state index in [1.54, 1.807) is 49.7 Å². The molecule has 0 unspecified atom stereocenters. The van der Waals surface area contributed by atoms with Crippen molar-refractivity contribution in [3.8, 4) is 5.75 Å². The first kappa shape index (κ1) is 24.1. The largest absolute Gasteiger partial charge is 0.494 e. The highest BCUT2D eigenvalue weighted by Crippen LogP contribution is 2.34. The van der Waals surface area contributed by atoms with Crippen LogP contribution < -0.4 is 15.0 Å². The van der Waals surface area contributed by atoms with Crippen molar-refractivity contribution in [3.63, 3.8) is 0 Å². The Bertz CT molecular complexity index is 1460. The minimum absolute atomic E-state index is 0.0782. The fourth-order valence-electron chi connectivity index (χ4n) is 4.62. The number of benzene rings is 2. The summed E-state index contributed by atoms with van der Waals surface area (Å²) < 4.78 is 32.4. The number of aromatic amines is 1. The molecule has 4 aromatic rings. The van der Waals surface area contributed by atoms with Gasteiger partial charge in [-0.15, -0.1) is 0 Å². The zero-order chi connectivity index (χ0) is 25.3. The van der Waals surface area contributed by atoms with E-state index in [1.807, 2.05) is 18.2 Å². The Kier molecular flexibility index (Phi) is 6.55. The number of nitrogens with zero attached hydrogens (tertiary/aromatic N) is 4. The average Bonchev–Trinajstić information content (AvgIpc) is 3.37. The van der Waals surface area contributed by atoms with Gasteiger partial charge >= 0.3 is 0 Å². The van der Waals surface area contributed by atoms with Gasteiger partial charge in [0, 0.05) is 37.1 Å². The van der Waals surface area contributed by atoms with Crippen LogP contribution in [0.5, 0.6) is 5.75 Å². The van der Waals surface area contributed by atoms with Crippen LogP contribution in [-0.4, -0.2) is 68.6 Å². The molecule has 0 bridgehead atoms. The zero-order valence-corrected chi connectivity index (χ0v) is 21.4. The van der Waals surface area contributed by atoms with Crippen LogP contribution in [0.2, 0.25) is 0 Å². The molecule has 2 aromatic carbocycles. The Balaban J connectivity index is 1.45. The Morgan fingerprint density at radius 1 is 1.06 bits per heavy atom. The topological polar surface area (TPSA) is 103 Å². The molecular formula is C26H30N6O3S. The third kappa shape index (κ3) is 4.61. The first-order valence-electron chi connectivity index (χ1n) is 11.9. The molecule has 0 spiro atoms. The van der Waals surface area contributed by atoms with Gasteiger partial charge in [-0.3, -0.25) is 0 Å². The maximum atomic E-state index is 13.4. The molecule has 1 aliphatic heterocycles. The second-order valence-electron chi connectivity index (χ2n) is 9.10. The number of methoxy groups -OCH3 is 1. The first-order chi connectivity index (χ1) is 17.4. The Hall–Kier alpha value is -3.63. The summed E-state index contributed by atoms with van der Waals surface area (Å²) in [4.78, 5) is 16.7. The van der Waals surface area contributed by atoms with Crippen molar-refractivity contribution in [3.05, 3.63) is 60.8 Å². The van der Waals surface area contributed by atoms with Crippen molar-refractivity contribution >= 4 is 38.2 Å².